The molecule has 54 heavy (non-hydrogen) atoms. The number of aliphatic hydroxyl groups is 2. The maximum atomic E-state index is 13.5. The molecule has 0 spiro atoms. The fourth-order valence-corrected chi connectivity index (χ4v) is 8.09. The molecule has 1 aliphatic carbocycles. The third-order valence-electron chi connectivity index (χ3n) is 11.3. The van der Waals surface area contributed by atoms with Gasteiger partial charge in [0.1, 0.15) is 11.5 Å². The van der Waals surface area contributed by atoms with Gasteiger partial charge in [0.2, 0.25) is 5.56 Å². The molecule has 5 N–H and O–H groups in total. The highest BCUT2D eigenvalue weighted by Gasteiger charge is 2.47. The van der Waals surface area contributed by atoms with Gasteiger partial charge in [0, 0.05) is 30.5 Å². The molecule has 10 nitrogen and oxygen atoms in total. The molecular weight excluding hydrogens is 682 g/mol. The molecule has 1 aliphatic heterocycles. The second-order valence-corrected chi connectivity index (χ2v) is 15.2. The van der Waals surface area contributed by atoms with E-state index in [1.807, 2.05) is 42.5 Å². The van der Waals surface area contributed by atoms with Crippen molar-refractivity contribution in [3.05, 3.63) is 106 Å². The summed E-state index contributed by atoms with van der Waals surface area (Å²) in [5.74, 6) is 0.563. The summed E-state index contributed by atoms with van der Waals surface area (Å²) in [6.07, 6.45) is 10.2. The summed E-state index contributed by atoms with van der Waals surface area (Å²) in [5.41, 5.74) is 1.02. The van der Waals surface area contributed by atoms with Gasteiger partial charge in [-0.1, -0.05) is 80.6 Å². The number of benzene rings is 3. The Balaban J connectivity index is 0.826. The van der Waals surface area contributed by atoms with Crippen molar-refractivity contribution in [3.63, 3.8) is 0 Å². The summed E-state index contributed by atoms with van der Waals surface area (Å²) in [7, 11) is 0. The van der Waals surface area contributed by atoms with Crippen LogP contribution < -0.4 is 15.6 Å². The van der Waals surface area contributed by atoms with Crippen molar-refractivity contribution >= 4 is 16.9 Å². The first-order valence-electron chi connectivity index (χ1n) is 19.9. The number of aliphatic hydroxyl groups excluding tert-OH is 1. The minimum atomic E-state index is -1.58. The summed E-state index contributed by atoms with van der Waals surface area (Å²) < 4.78 is 11.9. The Bertz CT molecular complexity index is 1820. The second-order valence-electron chi connectivity index (χ2n) is 15.2. The molecule has 1 saturated carbocycles. The molecule has 1 aromatic heterocycles. The zero-order valence-electron chi connectivity index (χ0n) is 31.4. The van der Waals surface area contributed by atoms with Gasteiger partial charge in [-0.25, -0.2) is 4.79 Å². The number of aromatic amines is 1. The number of rotatable bonds is 18. The van der Waals surface area contributed by atoms with E-state index >= 15 is 0 Å². The number of carbonyl (C=O) groups excluding carboxylic acids is 1. The summed E-state index contributed by atoms with van der Waals surface area (Å²) in [6, 6.07) is 23.9. The van der Waals surface area contributed by atoms with E-state index in [1.165, 1.54) is 17.7 Å². The maximum absolute atomic E-state index is 13.5. The smallest absolute Gasteiger partial charge is 0.343 e. The molecule has 0 amide bonds. The lowest BCUT2D eigenvalue weighted by molar-refractivity contribution is -0.177. The second kappa shape index (κ2) is 19.4. The zero-order valence-corrected chi connectivity index (χ0v) is 31.4. The quantitative estimate of drug-likeness (QED) is 0.0555. The molecule has 6 rings (SSSR count). The molecule has 0 bridgehead atoms. The number of ether oxygens (including phenoxy) is 2. The van der Waals surface area contributed by atoms with Crippen LogP contribution in [-0.2, 0) is 21.7 Å². The van der Waals surface area contributed by atoms with Crippen LogP contribution in [0, 0.1) is 11.8 Å². The highest BCUT2D eigenvalue weighted by atomic mass is 16.5. The first-order valence-corrected chi connectivity index (χ1v) is 19.9. The monoisotopic (exact) mass is 739 g/mol. The van der Waals surface area contributed by atoms with E-state index < -0.39 is 17.7 Å². The predicted octanol–water partition coefficient (Wildman–Crippen LogP) is 6.72. The highest BCUT2D eigenvalue weighted by Crippen LogP contribution is 2.40. The molecule has 2 fully saturated rings. The molecule has 2 atom stereocenters. The number of unbranched alkanes of at least 4 members (excludes halogenated alkanes) is 3. The van der Waals surface area contributed by atoms with Crippen molar-refractivity contribution in [2.75, 3.05) is 39.4 Å². The van der Waals surface area contributed by atoms with Gasteiger partial charge in [-0.05, 0) is 105 Å². The number of phenols is 1. The molecule has 2 aliphatic rings. The minimum absolute atomic E-state index is 0.0147. The predicted molar refractivity (Wildman–Crippen MR) is 210 cm³/mol. The van der Waals surface area contributed by atoms with Crippen LogP contribution in [0.25, 0.3) is 10.9 Å². The number of esters is 1. The van der Waals surface area contributed by atoms with Crippen LogP contribution in [0.4, 0.5) is 0 Å². The molecule has 3 aromatic carbocycles. The average Bonchev–Trinajstić information content (AvgIpc) is 3.21. The largest absolute Gasteiger partial charge is 0.506 e. The van der Waals surface area contributed by atoms with Crippen molar-refractivity contribution in [2.45, 2.75) is 88.9 Å². The van der Waals surface area contributed by atoms with E-state index in [4.69, 9.17) is 9.47 Å². The number of fused-ring (bicyclic) bond motifs is 1. The number of hydrogen-bond acceptors (Lipinski definition) is 9. The van der Waals surface area contributed by atoms with E-state index in [2.05, 4.69) is 27.3 Å². The number of phenolic OH excluding ortho intramolecular Hbond substituents is 1. The summed E-state index contributed by atoms with van der Waals surface area (Å²) in [4.78, 5) is 30.2. The lowest BCUT2D eigenvalue weighted by atomic mass is 9.73. The number of piperidine rings is 1. The molecule has 2 unspecified atom stereocenters. The lowest BCUT2D eigenvalue weighted by Crippen LogP contribution is -2.46. The number of likely N-dealkylation sites (tertiary alicyclic amines) is 1. The first kappa shape index (κ1) is 39.5. The van der Waals surface area contributed by atoms with E-state index in [9.17, 15) is 24.9 Å². The van der Waals surface area contributed by atoms with Gasteiger partial charge in [-0.3, -0.25) is 9.69 Å². The number of H-pyrrole nitrogens is 1. The van der Waals surface area contributed by atoms with Crippen molar-refractivity contribution in [1.29, 1.82) is 0 Å². The number of aromatic nitrogens is 1. The van der Waals surface area contributed by atoms with Crippen molar-refractivity contribution < 1.29 is 29.6 Å². The van der Waals surface area contributed by atoms with Gasteiger partial charge in [0.05, 0.1) is 24.8 Å². The number of aromatic hydroxyl groups is 1. The van der Waals surface area contributed by atoms with Crippen LogP contribution in [-0.4, -0.2) is 70.6 Å². The Morgan fingerprint density at radius 2 is 1.63 bits per heavy atom. The Kier molecular flexibility index (Phi) is 14.2. The number of hydrogen-bond donors (Lipinski definition) is 5. The Hall–Kier alpha value is -4.22. The number of pyridine rings is 1. The fourth-order valence-electron chi connectivity index (χ4n) is 8.09. The molecule has 2 heterocycles. The summed E-state index contributed by atoms with van der Waals surface area (Å²) in [6.45, 7) is 4.96. The molecule has 4 aromatic rings. The van der Waals surface area contributed by atoms with Crippen LogP contribution in [0.5, 0.6) is 11.5 Å². The average molecular weight is 740 g/mol. The van der Waals surface area contributed by atoms with Crippen LogP contribution in [0.15, 0.2) is 83.7 Å². The number of carbonyl (C=O) groups is 1. The van der Waals surface area contributed by atoms with E-state index in [1.54, 1.807) is 12.1 Å². The molecule has 1 saturated heterocycles. The number of nitrogens with one attached hydrogen (secondary N) is 2. The summed E-state index contributed by atoms with van der Waals surface area (Å²) >= 11 is 0. The highest BCUT2D eigenvalue weighted by molar-refractivity contribution is 5.87. The van der Waals surface area contributed by atoms with Crippen LogP contribution >= 0.6 is 0 Å². The van der Waals surface area contributed by atoms with Crippen molar-refractivity contribution in [1.82, 2.24) is 15.2 Å². The Morgan fingerprint density at radius 1 is 0.889 bits per heavy atom. The van der Waals surface area contributed by atoms with Crippen molar-refractivity contribution in [2.24, 2.45) is 11.8 Å². The van der Waals surface area contributed by atoms with Crippen LogP contribution in [0.2, 0.25) is 0 Å². The van der Waals surface area contributed by atoms with Gasteiger partial charge in [-0.2, -0.15) is 0 Å². The molecule has 10 heteroatoms. The Morgan fingerprint density at radius 3 is 2.39 bits per heavy atom. The topological polar surface area (TPSA) is 144 Å². The van der Waals surface area contributed by atoms with Crippen molar-refractivity contribution in [3.8, 4) is 11.5 Å². The van der Waals surface area contributed by atoms with Gasteiger partial charge in [0.15, 0.2) is 5.60 Å². The van der Waals surface area contributed by atoms with Crippen LogP contribution in [0.1, 0.15) is 93.4 Å². The maximum Gasteiger partial charge on any atom is 0.343 e. The lowest BCUT2D eigenvalue weighted by Gasteiger charge is -2.37. The van der Waals surface area contributed by atoms with Gasteiger partial charge in [0.25, 0.3) is 0 Å². The Labute approximate surface area is 318 Å². The fraction of sp³-hybridized carbons (Fsp3) is 0.500. The third kappa shape index (κ3) is 10.3. The van der Waals surface area contributed by atoms with Gasteiger partial charge in [-0.15, -0.1) is 0 Å². The normalized spacial score (nSPS) is 17.6. The van der Waals surface area contributed by atoms with E-state index in [-0.39, 0.29) is 17.2 Å². The molecular formula is C44H57N3O7. The standard InChI is InChI=1S/C44H57N3O7/c48-39-21-19-37(38-20-22-41(50)46-42(38)39)40(49)29-45-25-9-1-2-10-28-53-36-17-15-32(16-18-36)30-47-26-23-33(24-27-47)31-54-43(51)44(52,34-11-5-3-6-12-34)35-13-7-4-8-14-35/h3,5-6,11-12,15-22,33,35,40,45,48-49,52H,1-2,4,7-10,13-14,23-31H2,(H,46,50). The first-order chi connectivity index (χ1) is 26.3. The molecule has 0 radical (unpaired) electrons. The SMILES string of the molecule is O=C(OCC1CCN(Cc2ccc(OCCCCCCNCC(O)c3ccc(O)c4[nH]c(=O)ccc34)cc2)CC1)C(O)(c1ccccc1)C1CCCCC1. The molecule has 290 valence electrons. The van der Waals surface area contributed by atoms with E-state index in [0.717, 1.165) is 103 Å². The number of nitrogens with zero attached hydrogens (tertiary/aromatic N) is 1. The van der Waals surface area contributed by atoms with Gasteiger partial charge >= 0.3 is 5.97 Å². The van der Waals surface area contributed by atoms with Crippen LogP contribution in [0.3, 0.4) is 0 Å². The minimum Gasteiger partial charge on any atom is -0.506 e. The third-order valence-corrected chi connectivity index (χ3v) is 11.3. The van der Waals surface area contributed by atoms with E-state index in [0.29, 0.717) is 47.7 Å². The summed E-state index contributed by atoms with van der Waals surface area (Å²) in [5, 5.41) is 36.5. The zero-order chi connectivity index (χ0) is 37.8. The van der Waals surface area contributed by atoms with Gasteiger partial charge < -0.3 is 35.1 Å².